The third-order valence-electron chi connectivity index (χ3n) is 13.1. The highest BCUT2D eigenvalue weighted by Crippen LogP contribution is 2.14. The highest BCUT2D eigenvalue weighted by Gasteiger charge is 2.28. The summed E-state index contributed by atoms with van der Waals surface area (Å²) in [6.45, 7) is 23.2. The lowest BCUT2D eigenvalue weighted by molar-refractivity contribution is -0.913. The molecule has 0 aliphatic carbocycles. The van der Waals surface area contributed by atoms with Crippen molar-refractivity contribution in [2.75, 3.05) is 105 Å². The Morgan fingerprint density at radius 3 is 1.16 bits per heavy atom. The molecule has 372 valence electrons. The van der Waals surface area contributed by atoms with Crippen LogP contribution in [0.4, 0.5) is 0 Å². The van der Waals surface area contributed by atoms with Crippen LogP contribution in [0.5, 0.6) is 0 Å². The summed E-state index contributed by atoms with van der Waals surface area (Å²) in [5, 5.41) is 7.39. The highest BCUT2D eigenvalue weighted by atomic mass is 79.9. The molecule has 2 fully saturated rings. The summed E-state index contributed by atoms with van der Waals surface area (Å²) in [7, 11) is 4.58. The zero-order valence-corrected chi connectivity index (χ0v) is 45.6. The summed E-state index contributed by atoms with van der Waals surface area (Å²) in [5.41, 5.74) is 0. The van der Waals surface area contributed by atoms with Gasteiger partial charge >= 0.3 is 0 Å². The van der Waals surface area contributed by atoms with Gasteiger partial charge in [0.15, 0.2) is 0 Å². The first kappa shape index (κ1) is 63.8. The minimum atomic E-state index is 0. The summed E-state index contributed by atoms with van der Waals surface area (Å²) < 4.78 is 1.23. The second-order valence-corrected chi connectivity index (χ2v) is 19.9. The van der Waals surface area contributed by atoms with Crippen LogP contribution in [0.25, 0.3) is 0 Å². The number of hydrogen-bond acceptors (Lipinski definition) is 5. The fourth-order valence-electron chi connectivity index (χ4n) is 8.33. The van der Waals surface area contributed by atoms with E-state index < -0.39 is 0 Å². The molecule has 0 bridgehead atoms. The third-order valence-corrected chi connectivity index (χ3v) is 13.6. The van der Waals surface area contributed by atoms with E-state index in [0.29, 0.717) is 12.8 Å². The lowest BCUT2D eigenvalue weighted by Gasteiger charge is -2.42. The Balaban J connectivity index is 0. The first-order valence-corrected chi connectivity index (χ1v) is 27.9. The maximum atomic E-state index is 12.1. The molecule has 2 heterocycles. The zero-order valence-electron chi connectivity index (χ0n) is 42.5. The van der Waals surface area contributed by atoms with Crippen LogP contribution in [0.3, 0.4) is 0 Å². The summed E-state index contributed by atoms with van der Waals surface area (Å²) in [6.07, 6.45) is 39.1. The van der Waals surface area contributed by atoms with Crippen molar-refractivity contribution >= 4 is 27.7 Å². The molecule has 0 aromatic rings. The summed E-state index contributed by atoms with van der Waals surface area (Å²) >= 11 is 3.38. The standard InChI is InChI=1S/C26H53N3O.C20H41N3O.C6H13Br.BrH/c1-4-6-8-10-11-12-13-14-15-16-19-27-26(30)18-20-28-21-24-29(3,25-22-28)23-17-9-7-5-2;1-3-4-5-6-7-8-9-10-11-12-14-21-20(24)13-15-23-18-16-22(2)17-19-23;1-2-3-4-5-6-7;/h4-25H2,1-3H3;3-19H2,1-2H3,(H,21,24);2-6H2,1H3;1H. The average molecular weight is 1010 g/mol. The number of rotatable bonds is 37. The van der Waals surface area contributed by atoms with Crippen LogP contribution in [0, 0.1) is 0 Å². The molecule has 2 N–H and O–H groups in total. The number of amides is 2. The summed E-state index contributed by atoms with van der Waals surface area (Å²) in [4.78, 5) is 31.2. The predicted molar refractivity (Wildman–Crippen MR) is 272 cm³/mol. The second kappa shape index (κ2) is 48.7. The van der Waals surface area contributed by atoms with Crippen LogP contribution < -0.4 is 27.6 Å². The topological polar surface area (TPSA) is 67.9 Å². The smallest absolute Gasteiger partial charge is 0.221 e. The Hall–Kier alpha value is -0.260. The van der Waals surface area contributed by atoms with Crippen molar-refractivity contribution in [2.45, 2.75) is 220 Å². The number of carbonyl (C=O) groups excluding carboxylic acids is 2. The number of piperazine rings is 2. The van der Waals surface area contributed by atoms with Crippen molar-refractivity contribution < 1.29 is 31.1 Å². The highest BCUT2D eigenvalue weighted by molar-refractivity contribution is 9.09. The van der Waals surface area contributed by atoms with Crippen LogP contribution in [0.15, 0.2) is 0 Å². The van der Waals surface area contributed by atoms with Crippen molar-refractivity contribution in [1.82, 2.24) is 25.3 Å². The van der Waals surface area contributed by atoms with Gasteiger partial charge in [-0.15, -0.1) is 0 Å². The van der Waals surface area contributed by atoms with Crippen LogP contribution >= 0.6 is 15.9 Å². The van der Waals surface area contributed by atoms with E-state index in [2.05, 4.69) is 83.1 Å². The number of likely N-dealkylation sites (N-methyl/N-ethyl adjacent to an activating group) is 2. The number of hydrogen-bond donors (Lipinski definition) is 2. The molecule has 0 aromatic heterocycles. The molecule has 2 saturated heterocycles. The molecular formula is C52H108Br2N6O2. The summed E-state index contributed by atoms with van der Waals surface area (Å²) in [5.74, 6) is 0.471. The molecule has 0 radical (unpaired) electrons. The van der Waals surface area contributed by atoms with Crippen molar-refractivity contribution in [1.29, 1.82) is 0 Å². The number of quaternary nitrogens is 1. The van der Waals surface area contributed by atoms with Gasteiger partial charge in [0.25, 0.3) is 0 Å². The fraction of sp³-hybridized carbons (Fsp3) is 0.962. The van der Waals surface area contributed by atoms with Gasteiger partial charge in [-0.2, -0.15) is 0 Å². The van der Waals surface area contributed by atoms with Crippen LogP contribution in [0.2, 0.25) is 0 Å². The fourth-order valence-corrected chi connectivity index (χ4v) is 8.72. The summed E-state index contributed by atoms with van der Waals surface area (Å²) in [6, 6.07) is 0. The normalized spacial score (nSPS) is 15.5. The average Bonchev–Trinajstić information content (AvgIpc) is 3.26. The van der Waals surface area contributed by atoms with E-state index in [9.17, 15) is 9.59 Å². The van der Waals surface area contributed by atoms with Gasteiger partial charge < -0.3 is 41.9 Å². The molecule has 2 rings (SSSR count). The minimum Gasteiger partial charge on any atom is -1.00 e. The lowest BCUT2D eigenvalue weighted by Crippen LogP contribution is -3.00. The van der Waals surface area contributed by atoms with Gasteiger partial charge in [0.1, 0.15) is 0 Å². The third kappa shape index (κ3) is 43.6. The van der Waals surface area contributed by atoms with Crippen LogP contribution in [-0.4, -0.2) is 136 Å². The van der Waals surface area contributed by atoms with Gasteiger partial charge in [-0.3, -0.25) is 14.5 Å². The Labute approximate surface area is 406 Å². The van der Waals surface area contributed by atoms with E-state index >= 15 is 0 Å². The maximum absolute atomic E-state index is 12.1. The van der Waals surface area contributed by atoms with Crippen molar-refractivity contribution in [2.24, 2.45) is 0 Å². The number of carbonyl (C=O) groups is 2. The number of halogens is 2. The molecule has 2 aliphatic heterocycles. The molecule has 0 atom stereocenters. The maximum Gasteiger partial charge on any atom is 0.221 e. The Morgan fingerprint density at radius 2 is 0.790 bits per heavy atom. The molecule has 0 aromatic carbocycles. The van der Waals surface area contributed by atoms with Crippen LogP contribution in [-0.2, 0) is 9.59 Å². The van der Waals surface area contributed by atoms with E-state index in [1.54, 1.807) is 0 Å². The van der Waals surface area contributed by atoms with E-state index in [1.165, 1.54) is 196 Å². The van der Waals surface area contributed by atoms with E-state index in [-0.39, 0.29) is 28.8 Å². The first-order valence-electron chi connectivity index (χ1n) is 26.8. The molecule has 0 spiro atoms. The molecule has 10 heteroatoms. The SMILES string of the molecule is CCCCCCBr.CCCCCCCCCCCCNC(=O)CCN1CCN(C)CC1.CCCCCCCCCCCCNC(=O)CCN1CC[N+](C)(CCCCCC)CC1.[Br-]. The van der Waals surface area contributed by atoms with E-state index in [4.69, 9.17) is 0 Å². The van der Waals surface area contributed by atoms with Gasteiger partial charge in [0, 0.05) is 83.6 Å². The number of nitrogens with zero attached hydrogens (tertiary/aromatic N) is 4. The number of unbranched alkanes of at least 4 members (excludes halogenated alkanes) is 24. The van der Waals surface area contributed by atoms with Gasteiger partial charge in [0.05, 0.1) is 26.7 Å². The minimum absolute atomic E-state index is 0. The molecule has 0 unspecified atom stereocenters. The van der Waals surface area contributed by atoms with E-state index in [1.807, 2.05) is 0 Å². The molecular weight excluding hydrogens is 900 g/mol. The molecule has 0 saturated carbocycles. The van der Waals surface area contributed by atoms with Gasteiger partial charge in [-0.05, 0) is 39.2 Å². The molecule has 2 amide bonds. The number of alkyl halides is 1. The van der Waals surface area contributed by atoms with Crippen molar-refractivity contribution in [3.8, 4) is 0 Å². The quantitative estimate of drug-likeness (QED) is 0.0369. The predicted octanol–water partition coefficient (Wildman–Crippen LogP) is 9.38. The van der Waals surface area contributed by atoms with E-state index in [0.717, 1.165) is 78.3 Å². The first-order chi connectivity index (χ1) is 29.7. The Morgan fingerprint density at radius 1 is 0.468 bits per heavy atom. The zero-order chi connectivity index (χ0) is 44.9. The van der Waals surface area contributed by atoms with Gasteiger partial charge in [-0.25, -0.2) is 0 Å². The number of nitrogens with one attached hydrogen (secondary N) is 2. The molecule has 8 nitrogen and oxygen atoms in total. The van der Waals surface area contributed by atoms with Crippen LogP contribution in [0.1, 0.15) is 220 Å². The molecule has 2 aliphatic rings. The van der Waals surface area contributed by atoms with Crippen molar-refractivity contribution in [3.63, 3.8) is 0 Å². The Kier molecular flexibility index (Phi) is 50.1. The molecule has 62 heavy (non-hydrogen) atoms. The van der Waals surface area contributed by atoms with Gasteiger partial charge in [-0.1, -0.05) is 191 Å². The van der Waals surface area contributed by atoms with Gasteiger partial charge in [0.2, 0.25) is 11.8 Å². The Bertz CT molecular complexity index is 927. The second-order valence-electron chi connectivity index (χ2n) is 19.2. The largest absolute Gasteiger partial charge is 1.00 e. The lowest BCUT2D eigenvalue weighted by atomic mass is 10.1. The van der Waals surface area contributed by atoms with Crippen molar-refractivity contribution in [3.05, 3.63) is 0 Å². The monoisotopic (exact) mass is 1010 g/mol.